The zero-order valence-corrected chi connectivity index (χ0v) is 11.1. The van der Waals surface area contributed by atoms with Gasteiger partial charge in [-0.15, -0.1) is 0 Å². The van der Waals surface area contributed by atoms with Crippen LogP contribution in [0.2, 0.25) is 0 Å². The number of amides is 1. The average molecular weight is 242 g/mol. The lowest BCUT2D eigenvalue weighted by Gasteiger charge is -2.33. The Morgan fingerprint density at radius 3 is 2.44 bits per heavy atom. The van der Waals surface area contributed by atoms with Crippen molar-refractivity contribution < 1.29 is 4.79 Å². The molecule has 0 spiro atoms. The lowest BCUT2D eigenvalue weighted by molar-refractivity contribution is -0.134. The van der Waals surface area contributed by atoms with Crippen molar-refractivity contribution in [1.29, 1.82) is 0 Å². The summed E-state index contributed by atoms with van der Waals surface area (Å²) in [7, 11) is 0. The summed E-state index contributed by atoms with van der Waals surface area (Å²) in [6.45, 7) is 5.62. The van der Waals surface area contributed by atoms with Crippen LogP contribution in [0, 0.1) is 11.8 Å². The van der Waals surface area contributed by atoms with Gasteiger partial charge in [0.15, 0.2) is 0 Å². The monoisotopic (exact) mass is 242 g/mol. The number of hydrogen-bond donors (Lipinski definition) is 1. The molecule has 1 aliphatic rings. The van der Waals surface area contributed by atoms with Crippen LogP contribution in [0.3, 0.4) is 0 Å². The molecule has 0 aromatic heterocycles. The van der Waals surface area contributed by atoms with E-state index < -0.39 is 0 Å². The first kappa shape index (κ1) is 13.4. The fourth-order valence-electron chi connectivity index (χ4n) is 2.08. The fourth-order valence-corrected chi connectivity index (χ4v) is 2.35. The molecule has 0 aromatic carbocycles. The highest BCUT2D eigenvalue weighted by molar-refractivity contribution is 7.80. The summed E-state index contributed by atoms with van der Waals surface area (Å²) in [5.41, 5.74) is 5.60. The van der Waals surface area contributed by atoms with E-state index in [-0.39, 0.29) is 11.8 Å². The summed E-state index contributed by atoms with van der Waals surface area (Å²) in [4.78, 5) is 14.4. The first-order valence-electron chi connectivity index (χ1n) is 6.18. The van der Waals surface area contributed by atoms with Crippen LogP contribution >= 0.6 is 12.2 Å². The first-order valence-corrected chi connectivity index (χ1v) is 6.59. The van der Waals surface area contributed by atoms with Gasteiger partial charge in [0.2, 0.25) is 5.91 Å². The zero-order valence-electron chi connectivity index (χ0n) is 10.2. The number of thiocarbonyl (C=S) groups is 1. The minimum Gasteiger partial charge on any atom is -0.393 e. The third-order valence-electron chi connectivity index (χ3n) is 3.45. The third kappa shape index (κ3) is 3.17. The van der Waals surface area contributed by atoms with Gasteiger partial charge in [-0.25, -0.2) is 0 Å². The molecular weight excluding hydrogens is 220 g/mol. The smallest absolute Gasteiger partial charge is 0.232 e. The van der Waals surface area contributed by atoms with Crippen molar-refractivity contribution in [2.75, 3.05) is 13.1 Å². The molecule has 0 saturated heterocycles. The third-order valence-corrected chi connectivity index (χ3v) is 3.73. The first-order chi connectivity index (χ1) is 7.60. The van der Waals surface area contributed by atoms with Crippen LogP contribution in [0.25, 0.3) is 0 Å². The molecule has 2 N–H and O–H groups in total. The van der Waals surface area contributed by atoms with Crippen LogP contribution in [0.5, 0.6) is 0 Å². The standard InChI is InChI=1S/C12H22N2OS/c1-3-10(11(13)16)12(15)14(4-2)8-9-6-5-7-9/h9-10H,3-8H2,1-2H3,(H2,13,16). The normalized spacial score (nSPS) is 17.6. The highest BCUT2D eigenvalue weighted by Crippen LogP contribution is 2.27. The molecule has 1 unspecified atom stereocenters. The van der Waals surface area contributed by atoms with Crippen LogP contribution in [0.4, 0.5) is 0 Å². The Balaban J connectivity index is 2.55. The van der Waals surface area contributed by atoms with Crippen molar-refractivity contribution in [3.63, 3.8) is 0 Å². The summed E-state index contributed by atoms with van der Waals surface area (Å²) in [5, 5.41) is 0. The second kappa shape index (κ2) is 6.18. The van der Waals surface area contributed by atoms with E-state index in [1.165, 1.54) is 19.3 Å². The van der Waals surface area contributed by atoms with Crippen molar-refractivity contribution in [3.05, 3.63) is 0 Å². The summed E-state index contributed by atoms with van der Waals surface area (Å²) in [6.07, 6.45) is 4.53. The van der Waals surface area contributed by atoms with Crippen LogP contribution < -0.4 is 5.73 Å². The summed E-state index contributed by atoms with van der Waals surface area (Å²) < 4.78 is 0. The maximum Gasteiger partial charge on any atom is 0.232 e. The molecule has 3 nitrogen and oxygen atoms in total. The molecule has 1 aliphatic carbocycles. The van der Waals surface area contributed by atoms with Gasteiger partial charge in [0, 0.05) is 13.1 Å². The van der Waals surface area contributed by atoms with Gasteiger partial charge in [-0.2, -0.15) is 0 Å². The molecule has 1 amide bonds. The zero-order chi connectivity index (χ0) is 12.1. The Morgan fingerprint density at radius 2 is 2.12 bits per heavy atom. The average Bonchev–Trinajstić information content (AvgIpc) is 2.16. The van der Waals surface area contributed by atoms with Gasteiger partial charge in [0.25, 0.3) is 0 Å². The molecule has 0 aromatic rings. The van der Waals surface area contributed by atoms with Crippen molar-refractivity contribution in [3.8, 4) is 0 Å². The van der Waals surface area contributed by atoms with Crippen LogP contribution in [0.1, 0.15) is 39.5 Å². The predicted molar refractivity (Wildman–Crippen MR) is 70.2 cm³/mol. The van der Waals surface area contributed by atoms with E-state index in [9.17, 15) is 4.79 Å². The number of nitrogens with zero attached hydrogens (tertiary/aromatic N) is 1. The van der Waals surface area contributed by atoms with Gasteiger partial charge in [-0.3, -0.25) is 4.79 Å². The Labute approximate surface area is 103 Å². The minimum absolute atomic E-state index is 0.115. The lowest BCUT2D eigenvalue weighted by Crippen LogP contribution is -2.44. The van der Waals surface area contributed by atoms with Crippen LogP contribution in [0.15, 0.2) is 0 Å². The van der Waals surface area contributed by atoms with Gasteiger partial charge < -0.3 is 10.6 Å². The summed E-state index contributed by atoms with van der Waals surface area (Å²) in [5.74, 6) is 0.548. The minimum atomic E-state index is -0.268. The molecule has 1 fully saturated rings. The van der Waals surface area contributed by atoms with E-state index in [2.05, 4.69) is 0 Å². The van der Waals surface area contributed by atoms with E-state index in [1.807, 2.05) is 18.7 Å². The molecule has 1 saturated carbocycles. The lowest BCUT2D eigenvalue weighted by atomic mass is 9.85. The molecule has 0 heterocycles. The van der Waals surface area contributed by atoms with Crippen molar-refractivity contribution in [1.82, 2.24) is 4.90 Å². The predicted octanol–water partition coefficient (Wildman–Crippen LogP) is 1.95. The van der Waals surface area contributed by atoms with E-state index in [0.29, 0.717) is 17.3 Å². The van der Waals surface area contributed by atoms with E-state index in [0.717, 1.165) is 13.1 Å². The number of carbonyl (C=O) groups excluding carboxylic acids is 1. The maximum absolute atomic E-state index is 12.2. The number of nitrogens with two attached hydrogens (primary N) is 1. The van der Waals surface area contributed by atoms with E-state index in [1.54, 1.807) is 0 Å². The van der Waals surface area contributed by atoms with Gasteiger partial charge in [0.1, 0.15) is 0 Å². The summed E-state index contributed by atoms with van der Waals surface area (Å²) in [6, 6.07) is 0. The van der Waals surface area contributed by atoms with Crippen molar-refractivity contribution >= 4 is 23.1 Å². The summed E-state index contributed by atoms with van der Waals surface area (Å²) >= 11 is 4.95. The Hall–Kier alpha value is -0.640. The molecular formula is C12H22N2OS. The van der Waals surface area contributed by atoms with Gasteiger partial charge >= 0.3 is 0 Å². The molecule has 92 valence electrons. The molecule has 4 heteroatoms. The van der Waals surface area contributed by atoms with Crippen molar-refractivity contribution in [2.24, 2.45) is 17.6 Å². The molecule has 0 radical (unpaired) electrons. The van der Waals surface area contributed by atoms with E-state index >= 15 is 0 Å². The highest BCUT2D eigenvalue weighted by atomic mass is 32.1. The Morgan fingerprint density at radius 1 is 1.50 bits per heavy atom. The Kier molecular flexibility index (Phi) is 5.19. The maximum atomic E-state index is 12.2. The molecule has 1 atom stereocenters. The molecule has 16 heavy (non-hydrogen) atoms. The second-order valence-electron chi connectivity index (χ2n) is 4.54. The number of carbonyl (C=O) groups is 1. The molecule has 0 aliphatic heterocycles. The molecule has 0 bridgehead atoms. The number of rotatable bonds is 6. The quantitative estimate of drug-likeness (QED) is 0.724. The fraction of sp³-hybridized carbons (Fsp3) is 0.833. The van der Waals surface area contributed by atoms with Gasteiger partial charge in [0.05, 0.1) is 10.9 Å². The van der Waals surface area contributed by atoms with E-state index in [4.69, 9.17) is 18.0 Å². The van der Waals surface area contributed by atoms with Crippen LogP contribution in [-0.4, -0.2) is 28.9 Å². The van der Waals surface area contributed by atoms with Gasteiger partial charge in [-0.1, -0.05) is 25.6 Å². The SMILES string of the molecule is CCC(C(=O)N(CC)CC1CCC1)C(N)=S. The Bertz CT molecular complexity index is 264. The molecule has 1 rings (SSSR count). The van der Waals surface area contributed by atoms with Crippen molar-refractivity contribution in [2.45, 2.75) is 39.5 Å². The number of hydrogen-bond acceptors (Lipinski definition) is 2. The van der Waals surface area contributed by atoms with Crippen LogP contribution in [-0.2, 0) is 4.79 Å². The highest BCUT2D eigenvalue weighted by Gasteiger charge is 2.27. The topological polar surface area (TPSA) is 46.3 Å². The second-order valence-corrected chi connectivity index (χ2v) is 5.01. The van der Waals surface area contributed by atoms with Gasteiger partial charge in [-0.05, 0) is 32.1 Å². The largest absolute Gasteiger partial charge is 0.393 e.